The molecule has 0 saturated carbocycles. The van der Waals surface area contributed by atoms with Crippen molar-refractivity contribution in [3.05, 3.63) is 0 Å². The normalized spacial score (nSPS) is 18.0. The van der Waals surface area contributed by atoms with Gasteiger partial charge in [-0.3, -0.25) is 0 Å². The average Bonchev–Trinajstić information content (AvgIpc) is 2.15. The molecular formula is C12H28N2. The van der Waals surface area contributed by atoms with Crippen LogP contribution >= 0.6 is 0 Å². The first-order valence-corrected chi connectivity index (χ1v) is 5.70. The SMILES string of the molecule is CCC(C)(C)C(N)C(N)C(C)(C)CC. The van der Waals surface area contributed by atoms with Gasteiger partial charge in [0.2, 0.25) is 0 Å². The Labute approximate surface area is 89.4 Å². The van der Waals surface area contributed by atoms with Crippen molar-refractivity contribution in [3.63, 3.8) is 0 Å². The molecule has 0 aliphatic rings. The van der Waals surface area contributed by atoms with Crippen molar-refractivity contribution in [2.45, 2.75) is 66.5 Å². The first kappa shape index (κ1) is 13.9. The average molecular weight is 200 g/mol. The predicted molar refractivity (Wildman–Crippen MR) is 64.1 cm³/mol. The molecule has 2 atom stereocenters. The van der Waals surface area contributed by atoms with Crippen molar-refractivity contribution < 1.29 is 0 Å². The van der Waals surface area contributed by atoms with E-state index < -0.39 is 0 Å². The van der Waals surface area contributed by atoms with Crippen molar-refractivity contribution in [1.29, 1.82) is 0 Å². The van der Waals surface area contributed by atoms with Crippen molar-refractivity contribution in [3.8, 4) is 0 Å². The Kier molecular flexibility index (Phi) is 4.60. The van der Waals surface area contributed by atoms with Gasteiger partial charge in [0.25, 0.3) is 0 Å². The molecule has 0 spiro atoms. The van der Waals surface area contributed by atoms with Gasteiger partial charge in [0.15, 0.2) is 0 Å². The largest absolute Gasteiger partial charge is 0.326 e. The Hall–Kier alpha value is -0.0800. The van der Waals surface area contributed by atoms with E-state index in [0.717, 1.165) is 12.8 Å². The van der Waals surface area contributed by atoms with Crippen molar-refractivity contribution in [1.82, 2.24) is 0 Å². The number of rotatable bonds is 5. The van der Waals surface area contributed by atoms with Gasteiger partial charge < -0.3 is 11.5 Å². The fourth-order valence-electron chi connectivity index (χ4n) is 1.44. The lowest BCUT2D eigenvalue weighted by molar-refractivity contribution is 0.156. The fourth-order valence-corrected chi connectivity index (χ4v) is 1.44. The van der Waals surface area contributed by atoms with Gasteiger partial charge in [-0.15, -0.1) is 0 Å². The quantitative estimate of drug-likeness (QED) is 0.716. The van der Waals surface area contributed by atoms with Crippen molar-refractivity contribution in [2.75, 3.05) is 0 Å². The molecule has 2 unspecified atom stereocenters. The maximum absolute atomic E-state index is 6.24. The van der Waals surface area contributed by atoms with Gasteiger partial charge >= 0.3 is 0 Å². The van der Waals surface area contributed by atoms with Gasteiger partial charge in [0, 0.05) is 12.1 Å². The number of nitrogens with two attached hydrogens (primary N) is 2. The minimum atomic E-state index is 0.0717. The highest BCUT2D eigenvalue weighted by Crippen LogP contribution is 2.33. The summed E-state index contributed by atoms with van der Waals surface area (Å²) in [7, 11) is 0. The molecule has 0 aromatic rings. The number of hydrogen-bond acceptors (Lipinski definition) is 2. The Bertz CT molecular complexity index is 153. The smallest absolute Gasteiger partial charge is 0.0249 e. The van der Waals surface area contributed by atoms with E-state index in [1.807, 2.05) is 0 Å². The molecule has 4 N–H and O–H groups in total. The van der Waals surface area contributed by atoms with E-state index in [1.54, 1.807) is 0 Å². The highest BCUT2D eigenvalue weighted by molar-refractivity contribution is 4.95. The highest BCUT2D eigenvalue weighted by atomic mass is 14.8. The first-order valence-electron chi connectivity index (χ1n) is 5.70. The molecule has 0 aliphatic carbocycles. The van der Waals surface area contributed by atoms with E-state index >= 15 is 0 Å². The zero-order chi connectivity index (χ0) is 11.6. The van der Waals surface area contributed by atoms with E-state index in [1.165, 1.54) is 0 Å². The predicted octanol–water partition coefficient (Wildman–Crippen LogP) is 2.51. The van der Waals surface area contributed by atoms with Crippen LogP contribution in [0.2, 0.25) is 0 Å². The summed E-state index contributed by atoms with van der Waals surface area (Å²) in [5, 5.41) is 0. The lowest BCUT2D eigenvalue weighted by atomic mass is 9.70. The summed E-state index contributed by atoms with van der Waals surface area (Å²) < 4.78 is 0. The summed E-state index contributed by atoms with van der Waals surface area (Å²) in [6.07, 6.45) is 2.14. The second kappa shape index (κ2) is 4.63. The van der Waals surface area contributed by atoms with Crippen LogP contribution in [-0.2, 0) is 0 Å². The molecule has 2 nitrogen and oxygen atoms in total. The van der Waals surface area contributed by atoms with E-state index in [0.29, 0.717) is 0 Å². The summed E-state index contributed by atoms with van der Waals surface area (Å²) >= 11 is 0. The monoisotopic (exact) mass is 200 g/mol. The molecule has 0 aromatic heterocycles. The van der Waals surface area contributed by atoms with Crippen LogP contribution in [0.4, 0.5) is 0 Å². The summed E-state index contributed by atoms with van der Waals surface area (Å²) in [5.74, 6) is 0. The van der Waals surface area contributed by atoms with Crippen LogP contribution in [0.1, 0.15) is 54.4 Å². The van der Waals surface area contributed by atoms with E-state index in [-0.39, 0.29) is 22.9 Å². The van der Waals surface area contributed by atoms with Crippen LogP contribution in [0.15, 0.2) is 0 Å². The maximum Gasteiger partial charge on any atom is 0.0249 e. The molecule has 0 bridgehead atoms. The van der Waals surface area contributed by atoms with Crippen LogP contribution in [0.25, 0.3) is 0 Å². The second-order valence-electron chi connectivity index (χ2n) is 5.74. The van der Waals surface area contributed by atoms with E-state index in [4.69, 9.17) is 11.5 Å². The third-order valence-corrected chi connectivity index (χ3v) is 4.01. The molecule has 0 heterocycles. The minimum Gasteiger partial charge on any atom is -0.326 e. The van der Waals surface area contributed by atoms with Crippen LogP contribution < -0.4 is 11.5 Å². The molecule has 0 rings (SSSR count). The second-order valence-corrected chi connectivity index (χ2v) is 5.74. The molecule has 0 fully saturated rings. The van der Waals surface area contributed by atoms with Crippen LogP contribution in [0.3, 0.4) is 0 Å². The summed E-state index contributed by atoms with van der Waals surface area (Å²) in [4.78, 5) is 0. The molecule has 14 heavy (non-hydrogen) atoms. The van der Waals surface area contributed by atoms with Crippen LogP contribution in [-0.4, -0.2) is 12.1 Å². The number of hydrogen-bond donors (Lipinski definition) is 2. The molecule has 0 aliphatic heterocycles. The van der Waals surface area contributed by atoms with Crippen molar-refractivity contribution >= 4 is 0 Å². The van der Waals surface area contributed by atoms with Gasteiger partial charge in [0.1, 0.15) is 0 Å². The standard InChI is InChI=1S/C12H28N2/c1-7-11(3,4)9(13)10(14)12(5,6)8-2/h9-10H,7-8,13-14H2,1-6H3. The van der Waals surface area contributed by atoms with Crippen molar-refractivity contribution in [2.24, 2.45) is 22.3 Å². The Morgan fingerprint density at radius 3 is 1.14 bits per heavy atom. The Balaban J connectivity index is 4.62. The Morgan fingerprint density at radius 2 is 1.00 bits per heavy atom. The van der Waals surface area contributed by atoms with Gasteiger partial charge in [-0.2, -0.15) is 0 Å². The molecule has 0 radical (unpaired) electrons. The van der Waals surface area contributed by atoms with Crippen LogP contribution in [0, 0.1) is 10.8 Å². The molecule has 0 amide bonds. The third kappa shape index (κ3) is 2.96. The van der Waals surface area contributed by atoms with Crippen LogP contribution in [0.5, 0.6) is 0 Å². The van der Waals surface area contributed by atoms with Gasteiger partial charge in [-0.1, -0.05) is 41.5 Å². The summed E-state index contributed by atoms with van der Waals surface area (Å²) in [6.45, 7) is 13.1. The first-order chi connectivity index (χ1) is 6.19. The maximum atomic E-state index is 6.24. The summed E-state index contributed by atoms with van der Waals surface area (Å²) in [6, 6.07) is 0.143. The fraction of sp³-hybridized carbons (Fsp3) is 1.00. The van der Waals surface area contributed by atoms with Gasteiger partial charge in [-0.25, -0.2) is 0 Å². The molecule has 86 valence electrons. The molecule has 0 aromatic carbocycles. The van der Waals surface area contributed by atoms with E-state index in [2.05, 4.69) is 41.5 Å². The lowest BCUT2D eigenvalue weighted by Crippen LogP contribution is -2.56. The zero-order valence-electron chi connectivity index (χ0n) is 10.7. The topological polar surface area (TPSA) is 52.0 Å². The Morgan fingerprint density at radius 1 is 0.786 bits per heavy atom. The summed E-state index contributed by atoms with van der Waals surface area (Å²) in [5.41, 5.74) is 12.7. The van der Waals surface area contributed by atoms with Gasteiger partial charge in [0.05, 0.1) is 0 Å². The lowest BCUT2D eigenvalue weighted by Gasteiger charge is -2.42. The zero-order valence-corrected chi connectivity index (χ0v) is 10.7. The molecule has 0 saturated heterocycles. The molecular weight excluding hydrogens is 172 g/mol. The van der Waals surface area contributed by atoms with E-state index in [9.17, 15) is 0 Å². The third-order valence-electron chi connectivity index (χ3n) is 4.01. The molecule has 2 heteroatoms. The van der Waals surface area contributed by atoms with Gasteiger partial charge in [-0.05, 0) is 23.7 Å². The minimum absolute atomic E-state index is 0.0717. The highest BCUT2D eigenvalue weighted by Gasteiger charge is 2.36.